The van der Waals surface area contributed by atoms with Gasteiger partial charge in [0.25, 0.3) is 0 Å². The normalized spacial score (nSPS) is 17.5. The lowest BCUT2D eigenvalue weighted by atomic mass is 10.1. The Morgan fingerprint density at radius 2 is 2.04 bits per heavy atom. The van der Waals surface area contributed by atoms with Crippen LogP contribution in [0.25, 0.3) is 0 Å². The zero-order valence-corrected chi connectivity index (χ0v) is 16.1. The second kappa shape index (κ2) is 9.43. The summed E-state index contributed by atoms with van der Waals surface area (Å²) in [5.41, 5.74) is 3.05. The van der Waals surface area contributed by atoms with E-state index < -0.39 is 6.04 Å². The van der Waals surface area contributed by atoms with Gasteiger partial charge in [-0.15, -0.1) is 0 Å². The lowest BCUT2D eigenvalue weighted by molar-refractivity contribution is -0.133. The predicted octanol–water partition coefficient (Wildman–Crippen LogP) is 0.909. The summed E-state index contributed by atoms with van der Waals surface area (Å²) in [6.07, 6.45) is 2.82. The first-order valence-corrected chi connectivity index (χ1v) is 9.08. The van der Waals surface area contributed by atoms with Crippen LogP contribution in [0.1, 0.15) is 37.5 Å². The third-order valence-corrected chi connectivity index (χ3v) is 4.25. The number of hydrogen-bond acceptors (Lipinski definition) is 5. The molecule has 2 N–H and O–H groups in total. The van der Waals surface area contributed by atoms with E-state index in [0.717, 1.165) is 23.8 Å². The molecular formula is C19H29N5O2. The van der Waals surface area contributed by atoms with E-state index in [-0.39, 0.29) is 18.2 Å². The van der Waals surface area contributed by atoms with Gasteiger partial charge in [0.2, 0.25) is 11.8 Å². The summed E-state index contributed by atoms with van der Waals surface area (Å²) < 4.78 is 0. The molecule has 1 atom stereocenters. The van der Waals surface area contributed by atoms with Gasteiger partial charge in [0.05, 0.1) is 12.5 Å². The fourth-order valence-corrected chi connectivity index (χ4v) is 2.97. The number of rotatable bonds is 7. The Bertz CT molecular complexity index is 662. The van der Waals surface area contributed by atoms with Crippen molar-refractivity contribution >= 4 is 11.8 Å². The van der Waals surface area contributed by atoms with Crippen molar-refractivity contribution in [1.82, 2.24) is 25.5 Å². The Kier molecular flexibility index (Phi) is 7.26. The summed E-state index contributed by atoms with van der Waals surface area (Å²) in [7, 11) is 0. The van der Waals surface area contributed by atoms with Crippen LogP contribution in [-0.4, -0.2) is 58.9 Å². The highest BCUT2D eigenvalue weighted by molar-refractivity contribution is 5.88. The monoisotopic (exact) mass is 359 g/mol. The van der Waals surface area contributed by atoms with Gasteiger partial charge < -0.3 is 10.6 Å². The van der Waals surface area contributed by atoms with E-state index >= 15 is 0 Å². The van der Waals surface area contributed by atoms with Crippen molar-refractivity contribution in [3.8, 4) is 0 Å². The number of piperazine rings is 1. The molecule has 0 aliphatic carbocycles. The molecular weight excluding hydrogens is 330 g/mol. The van der Waals surface area contributed by atoms with Crippen molar-refractivity contribution in [2.45, 2.75) is 46.6 Å². The summed E-state index contributed by atoms with van der Waals surface area (Å²) in [6.45, 7) is 10.4. The minimum Gasteiger partial charge on any atom is -0.356 e. The lowest BCUT2D eigenvalue weighted by Crippen LogP contribution is -2.56. The highest BCUT2D eigenvalue weighted by Gasteiger charge is 2.30. The summed E-state index contributed by atoms with van der Waals surface area (Å²) in [6, 6.07) is 1.50. The number of aromatic nitrogens is 2. The topological polar surface area (TPSA) is 87.2 Å². The van der Waals surface area contributed by atoms with Crippen LogP contribution < -0.4 is 10.6 Å². The molecule has 2 rings (SSSR count). The fraction of sp³-hybridized carbons (Fsp3) is 0.579. The summed E-state index contributed by atoms with van der Waals surface area (Å²) in [5, 5.41) is 5.73. The van der Waals surface area contributed by atoms with Gasteiger partial charge in [0, 0.05) is 44.0 Å². The third-order valence-electron chi connectivity index (χ3n) is 4.25. The lowest BCUT2D eigenvalue weighted by Gasteiger charge is -2.34. The molecule has 7 nitrogen and oxygen atoms in total. The number of hydrogen-bond donors (Lipinski definition) is 2. The highest BCUT2D eigenvalue weighted by Crippen LogP contribution is 2.10. The molecule has 2 amide bonds. The van der Waals surface area contributed by atoms with E-state index in [4.69, 9.17) is 0 Å². The number of allylic oxidation sites excluding steroid dienone is 1. The molecule has 1 aromatic heterocycles. The van der Waals surface area contributed by atoms with Crippen molar-refractivity contribution in [2.75, 3.05) is 26.2 Å². The van der Waals surface area contributed by atoms with Gasteiger partial charge in [-0.25, -0.2) is 9.97 Å². The quantitative estimate of drug-likeness (QED) is 0.707. The predicted molar refractivity (Wildman–Crippen MR) is 101 cm³/mol. The van der Waals surface area contributed by atoms with E-state index in [1.54, 1.807) is 0 Å². The molecule has 2 heterocycles. The van der Waals surface area contributed by atoms with Gasteiger partial charge in [-0.2, -0.15) is 0 Å². The molecule has 142 valence electrons. The van der Waals surface area contributed by atoms with Gasteiger partial charge in [-0.05, 0) is 33.8 Å². The van der Waals surface area contributed by atoms with Crippen molar-refractivity contribution in [2.24, 2.45) is 0 Å². The van der Waals surface area contributed by atoms with Crippen LogP contribution in [0.2, 0.25) is 0 Å². The Labute approximate surface area is 155 Å². The van der Waals surface area contributed by atoms with Gasteiger partial charge >= 0.3 is 0 Å². The number of nitrogens with zero attached hydrogens (tertiary/aromatic N) is 3. The molecule has 0 unspecified atom stereocenters. The smallest absolute Gasteiger partial charge is 0.237 e. The van der Waals surface area contributed by atoms with Crippen molar-refractivity contribution in [1.29, 1.82) is 0 Å². The molecule has 7 heteroatoms. The van der Waals surface area contributed by atoms with E-state index in [1.165, 1.54) is 5.57 Å². The fourth-order valence-electron chi connectivity index (χ4n) is 2.97. The minimum atomic E-state index is -0.420. The molecule has 1 aromatic rings. The van der Waals surface area contributed by atoms with E-state index in [1.807, 2.05) is 33.8 Å². The van der Waals surface area contributed by atoms with Gasteiger partial charge in [0.15, 0.2) is 0 Å². The van der Waals surface area contributed by atoms with Crippen LogP contribution >= 0.6 is 0 Å². The second-order valence-corrected chi connectivity index (χ2v) is 6.95. The molecule has 0 saturated carbocycles. The first kappa shape index (κ1) is 20.0. The van der Waals surface area contributed by atoms with Crippen LogP contribution in [0.3, 0.4) is 0 Å². The molecule has 1 fully saturated rings. The van der Waals surface area contributed by atoms with E-state index in [0.29, 0.717) is 26.1 Å². The van der Waals surface area contributed by atoms with Gasteiger partial charge in [0.1, 0.15) is 5.82 Å². The van der Waals surface area contributed by atoms with Gasteiger partial charge in [-0.1, -0.05) is 11.6 Å². The molecule has 0 radical (unpaired) electrons. The number of carbonyl (C=O) groups is 2. The minimum absolute atomic E-state index is 0.0776. The standard InChI is InChI=1S/C19H29N5O2/c1-13(2)6-9-24-10-8-21-19(26)16(24)12-18(25)20-7-5-17-22-14(3)11-15(4)23-17/h6,11,16H,5,7-10,12H2,1-4H3,(H,20,25)(H,21,26)/t16-/m1/s1. The van der Waals surface area contributed by atoms with Crippen LogP contribution in [0.15, 0.2) is 17.7 Å². The van der Waals surface area contributed by atoms with Crippen LogP contribution in [0.5, 0.6) is 0 Å². The number of nitrogens with one attached hydrogen (secondary N) is 2. The summed E-state index contributed by atoms with van der Waals surface area (Å²) >= 11 is 0. The zero-order chi connectivity index (χ0) is 19.1. The number of carbonyl (C=O) groups excluding carboxylic acids is 2. The molecule has 0 aromatic carbocycles. The summed E-state index contributed by atoms with van der Waals surface area (Å²) in [4.78, 5) is 35.3. The maximum absolute atomic E-state index is 12.3. The van der Waals surface area contributed by atoms with E-state index in [9.17, 15) is 9.59 Å². The van der Waals surface area contributed by atoms with E-state index in [2.05, 4.69) is 31.6 Å². The molecule has 1 saturated heterocycles. The molecule has 26 heavy (non-hydrogen) atoms. The number of amides is 2. The van der Waals surface area contributed by atoms with Crippen LogP contribution in [-0.2, 0) is 16.0 Å². The van der Waals surface area contributed by atoms with Crippen molar-refractivity contribution in [3.05, 3.63) is 34.9 Å². The SMILES string of the molecule is CC(C)=CCN1CCNC(=O)[C@H]1CC(=O)NCCc1nc(C)cc(C)n1. The van der Waals surface area contributed by atoms with Gasteiger partial charge in [-0.3, -0.25) is 14.5 Å². The molecule has 0 bridgehead atoms. The average molecular weight is 359 g/mol. The van der Waals surface area contributed by atoms with Crippen LogP contribution in [0, 0.1) is 13.8 Å². The Hall–Kier alpha value is -2.28. The molecule has 1 aliphatic heterocycles. The highest BCUT2D eigenvalue weighted by atomic mass is 16.2. The van der Waals surface area contributed by atoms with Crippen molar-refractivity contribution < 1.29 is 9.59 Å². The number of aryl methyl sites for hydroxylation is 2. The van der Waals surface area contributed by atoms with Crippen LogP contribution in [0.4, 0.5) is 0 Å². The third kappa shape index (κ3) is 6.22. The zero-order valence-electron chi connectivity index (χ0n) is 16.1. The Morgan fingerprint density at radius 3 is 2.69 bits per heavy atom. The molecule has 0 spiro atoms. The first-order valence-electron chi connectivity index (χ1n) is 9.08. The largest absolute Gasteiger partial charge is 0.356 e. The average Bonchev–Trinajstić information content (AvgIpc) is 2.54. The van der Waals surface area contributed by atoms with Crippen molar-refractivity contribution in [3.63, 3.8) is 0 Å². The maximum atomic E-state index is 12.3. The summed E-state index contributed by atoms with van der Waals surface area (Å²) in [5.74, 6) is 0.521. The first-order chi connectivity index (χ1) is 12.3. The Balaban J connectivity index is 1.86. The molecule has 1 aliphatic rings. The second-order valence-electron chi connectivity index (χ2n) is 6.95. The maximum Gasteiger partial charge on any atom is 0.237 e. The Morgan fingerprint density at radius 1 is 1.35 bits per heavy atom.